The highest BCUT2D eigenvalue weighted by molar-refractivity contribution is 6.31. The zero-order chi connectivity index (χ0) is 28.5. The lowest BCUT2D eigenvalue weighted by Crippen LogP contribution is -2.56. The van der Waals surface area contributed by atoms with Crippen molar-refractivity contribution in [1.29, 1.82) is 0 Å². The molecule has 2 saturated heterocycles. The van der Waals surface area contributed by atoms with E-state index in [2.05, 4.69) is 39.2 Å². The second kappa shape index (κ2) is 12.0. The highest BCUT2D eigenvalue weighted by Crippen LogP contribution is 2.43. The number of likely N-dealkylation sites (tertiary alicyclic amines) is 1. The predicted molar refractivity (Wildman–Crippen MR) is 159 cm³/mol. The molecule has 0 spiro atoms. The van der Waals surface area contributed by atoms with Crippen LogP contribution in [0.25, 0.3) is 4.85 Å². The average Bonchev–Trinajstić information content (AvgIpc) is 3.61. The SMILES string of the molecule is [C-]#[N+]C[C@H]1CN(c2nc(OC[C@@H]3CCCN3C)nc3c2CN(C2CCCc4cccc(Cl)c42)C3)CCN1C(=O)C=C. The zero-order valence-electron chi connectivity index (χ0n) is 23.8. The predicted octanol–water partition coefficient (Wildman–Crippen LogP) is 4.12. The Labute approximate surface area is 247 Å². The highest BCUT2D eigenvalue weighted by Gasteiger charge is 2.38. The molecule has 0 bridgehead atoms. The number of ether oxygens (including phenoxy) is 1. The number of anilines is 1. The number of piperazine rings is 1. The molecule has 0 N–H and O–H groups in total. The van der Waals surface area contributed by atoms with Crippen LogP contribution in [0.1, 0.15) is 54.1 Å². The van der Waals surface area contributed by atoms with Gasteiger partial charge in [0, 0.05) is 55.4 Å². The van der Waals surface area contributed by atoms with E-state index < -0.39 is 0 Å². The van der Waals surface area contributed by atoms with Crippen molar-refractivity contribution in [2.75, 3.05) is 51.3 Å². The third-order valence-corrected chi connectivity index (χ3v) is 9.55. The van der Waals surface area contributed by atoms with Crippen LogP contribution < -0.4 is 9.64 Å². The number of likely N-dealkylation sites (N-methyl/N-ethyl adjacent to an activating group) is 1. The number of carbonyl (C=O) groups is 1. The number of carbonyl (C=O) groups excluding carboxylic acids is 1. The van der Waals surface area contributed by atoms with Gasteiger partial charge in [0.25, 0.3) is 0 Å². The minimum atomic E-state index is -0.226. The molecule has 3 atom stereocenters. The number of aryl methyl sites for hydroxylation is 1. The largest absolute Gasteiger partial charge is 0.462 e. The van der Waals surface area contributed by atoms with Gasteiger partial charge in [0.1, 0.15) is 18.5 Å². The maximum atomic E-state index is 12.5. The van der Waals surface area contributed by atoms with Gasteiger partial charge >= 0.3 is 6.01 Å². The first-order valence-corrected chi connectivity index (χ1v) is 15.1. The summed E-state index contributed by atoms with van der Waals surface area (Å²) in [4.78, 5) is 34.9. The lowest BCUT2D eigenvalue weighted by Gasteiger charge is -2.40. The molecule has 1 aromatic heterocycles. The van der Waals surface area contributed by atoms with Crippen LogP contribution in [0.15, 0.2) is 30.9 Å². The molecule has 9 nitrogen and oxygen atoms in total. The molecule has 3 aliphatic heterocycles. The van der Waals surface area contributed by atoms with Crippen molar-refractivity contribution in [3.63, 3.8) is 0 Å². The maximum absolute atomic E-state index is 12.5. The van der Waals surface area contributed by atoms with Gasteiger partial charge in [-0.05, 0) is 69.0 Å². The molecule has 2 aromatic rings. The molecule has 1 aromatic carbocycles. The zero-order valence-corrected chi connectivity index (χ0v) is 24.5. The summed E-state index contributed by atoms with van der Waals surface area (Å²) < 4.78 is 6.27. The summed E-state index contributed by atoms with van der Waals surface area (Å²) in [6.07, 6.45) is 6.87. The number of hydrogen-bond donors (Lipinski definition) is 0. The number of fused-ring (bicyclic) bond motifs is 2. The smallest absolute Gasteiger partial charge is 0.318 e. The molecular weight excluding hydrogens is 538 g/mol. The fraction of sp³-hybridized carbons (Fsp3) is 0.548. The van der Waals surface area contributed by atoms with Crippen molar-refractivity contribution in [1.82, 2.24) is 24.7 Å². The molecule has 1 unspecified atom stereocenters. The van der Waals surface area contributed by atoms with Gasteiger partial charge in [0.2, 0.25) is 12.5 Å². The molecule has 4 aliphatic rings. The van der Waals surface area contributed by atoms with Crippen molar-refractivity contribution >= 4 is 23.3 Å². The first-order chi connectivity index (χ1) is 20.0. The molecule has 41 heavy (non-hydrogen) atoms. The van der Waals surface area contributed by atoms with E-state index in [0.717, 1.165) is 60.9 Å². The molecule has 1 aliphatic carbocycles. The second-order valence-electron chi connectivity index (χ2n) is 11.6. The van der Waals surface area contributed by atoms with E-state index in [4.69, 9.17) is 32.9 Å². The van der Waals surface area contributed by atoms with Crippen LogP contribution in [0.4, 0.5) is 5.82 Å². The van der Waals surface area contributed by atoms with E-state index in [9.17, 15) is 4.79 Å². The van der Waals surface area contributed by atoms with Crippen molar-refractivity contribution in [3.05, 3.63) is 69.7 Å². The fourth-order valence-electron chi connectivity index (χ4n) is 7.03. The van der Waals surface area contributed by atoms with Crippen molar-refractivity contribution < 1.29 is 9.53 Å². The lowest BCUT2D eigenvalue weighted by molar-refractivity contribution is -0.128. The van der Waals surface area contributed by atoms with Crippen LogP contribution in [0, 0.1) is 6.57 Å². The Morgan fingerprint density at radius 1 is 1.20 bits per heavy atom. The molecule has 1 amide bonds. The van der Waals surface area contributed by atoms with Crippen molar-refractivity contribution in [3.8, 4) is 6.01 Å². The van der Waals surface area contributed by atoms with Gasteiger partial charge in [-0.1, -0.05) is 30.3 Å². The van der Waals surface area contributed by atoms with E-state index in [-0.39, 0.29) is 24.5 Å². The Kier molecular flexibility index (Phi) is 8.16. The standard InChI is InChI=1S/C31H38ClN7O2/c1-4-28(40)39-15-14-37(17-23(39)16-33-2)30-24-18-38(27-12-6-9-21-8-5-11-25(32)29(21)27)19-26(24)34-31(35-30)41-20-22-10-7-13-36(22)3/h4-5,8,11,22-23,27H,1,6-7,9-10,12-20H2,3H3/t22-,23-,27?/m0/s1. The van der Waals surface area contributed by atoms with E-state index in [1.807, 2.05) is 12.1 Å². The Morgan fingerprint density at radius 2 is 2.07 bits per heavy atom. The summed E-state index contributed by atoms with van der Waals surface area (Å²) in [5, 5.41) is 0.837. The third-order valence-electron chi connectivity index (χ3n) is 9.22. The van der Waals surface area contributed by atoms with Crippen LogP contribution in [0.3, 0.4) is 0 Å². The Hall–Kier alpha value is -3.19. The first-order valence-electron chi connectivity index (χ1n) is 14.7. The van der Waals surface area contributed by atoms with Crippen LogP contribution >= 0.6 is 11.6 Å². The number of aromatic nitrogens is 2. The van der Waals surface area contributed by atoms with Gasteiger partial charge in [-0.15, -0.1) is 0 Å². The summed E-state index contributed by atoms with van der Waals surface area (Å²) in [6, 6.07) is 7.03. The maximum Gasteiger partial charge on any atom is 0.318 e. The molecule has 2 fully saturated rings. The van der Waals surface area contributed by atoms with E-state index in [0.29, 0.717) is 44.8 Å². The molecule has 10 heteroatoms. The highest BCUT2D eigenvalue weighted by atomic mass is 35.5. The summed E-state index contributed by atoms with van der Waals surface area (Å²) in [6.45, 7) is 16.2. The number of halogens is 1. The Morgan fingerprint density at radius 3 is 2.85 bits per heavy atom. The minimum Gasteiger partial charge on any atom is -0.462 e. The molecule has 0 saturated carbocycles. The Bertz CT molecular complexity index is 1360. The number of nitrogens with zero attached hydrogens (tertiary/aromatic N) is 7. The summed E-state index contributed by atoms with van der Waals surface area (Å²) in [5.41, 5.74) is 4.69. The second-order valence-corrected chi connectivity index (χ2v) is 12.1. The molecule has 0 radical (unpaired) electrons. The van der Waals surface area contributed by atoms with Gasteiger partial charge in [0.15, 0.2) is 0 Å². The Balaban J connectivity index is 1.31. The molecule has 4 heterocycles. The fourth-order valence-corrected chi connectivity index (χ4v) is 7.35. The summed E-state index contributed by atoms with van der Waals surface area (Å²) >= 11 is 6.77. The number of rotatable bonds is 7. The average molecular weight is 576 g/mol. The topological polar surface area (TPSA) is 69.4 Å². The quantitative estimate of drug-likeness (QED) is 0.363. The van der Waals surface area contributed by atoms with Crippen LogP contribution in [-0.2, 0) is 24.3 Å². The van der Waals surface area contributed by atoms with Crippen molar-refractivity contribution in [2.45, 2.75) is 63.3 Å². The first kappa shape index (κ1) is 28.0. The van der Waals surface area contributed by atoms with Gasteiger partial charge in [-0.3, -0.25) is 9.69 Å². The number of amides is 1. The molecule has 216 valence electrons. The lowest BCUT2D eigenvalue weighted by atomic mass is 9.87. The molecular formula is C31H38ClN7O2. The van der Waals surface area contributed by atoms with Crippen LogP contribution in [0.2, 0.25) is 5.02 Å². The summed E-state index contributed by atoms with van der Waals surface area (Å²) in [7, 11) is 2.14. The van der Waals surface area contributed by atoms with Gasteiger partial charge in [-0.2, -0.15) is 9.97 Å². The summed E-state index contributed by atoms with van der Waals surface area (Å²) in [5.74, 6) is 0.734. The monoisotopic (exact) mass is 575 g/mol. The van der Waals surface area contributed by atoms with E-state index >= 15 is 0 Å². The van der Waals surface area contributed by atoms with Crippen molar-refractivity contribution in [2.24, 2.45) is 0 Å². The van der Waals surface area contributed by atoms with Crippen LogP contribution in [0.5, 0.6) is 6.01 Å². The van der Waals surface area contributed by atoms with Gasteiger partial charge < -0.3 is 24.3 Å². The van der Waals surface area contributed by atoms with Gasteiger partial charge in [0.05, 0.1) is 5.69 Å². The van der Waals surface area contributed by atoms with Crippen LogP contribution in [-0.4, -0.2) is 89.0 Å². The van der Waals surface area contributed by atoms with Gasteiger partial charge in [-0.25, -0.2) is 6.57 Å². The molecule has 6 rings (SSSR count). The third kappa shape index (κ3) is 5.53. The van der Waals surface area contributed by atoms with E-state index in [1.54, 1.807) is 4.90 Å². The normalized spacial score (nSPS) is 24.6. The number of hydrogen-bond acceptors (Lipinski definition) is 7. The minimum absolute atomic E-state index is 0.130. The number of benzene rings is 1. The van der Waals surface area contributed by atoms with E-state index in [1.165, 1.54) is 23.6 Å².